The summed E-state index contributed by atoms with van der Waals surface area (Å²) in [6.45, 7) is 4.39. The molecule has 0 N–H and O–H groups in total. The van der Waals surface area contributed by atoms with Gasteiger partial charge < -0.3 is 4.74 Å². The molecule has 1 atom stereocenters. The van der Waals surface area contributed by atoms with Gasteiger partial charge in [-0.15, -0.1) is 0 Å². The molecule has 0 aliphatic carbocycles. The Labute approximate surface area is 99.8 Å². The third kappa shape index (κ3) is 5.79. The molecule has 0 heterocycles. The van der Waals surface area contributed by atoms with Gasteiger partial charge in [0, 0.05) is 6.07 Å². The topological polar surface area (TPSA) is 9.23 Å². The van der Waals surface area contributed by atoms with Gasteiger partial charge in [-0.25, -0.2) is 0 Å². The maximum absolute atomic E-state index is 5.77. The molecule has 1 unspecified atom stereocenters. The SMILES string of the molecule is CCCCCCCC(C)Oc1[c]cccc1. The fourth-order valence-electron chi connectivity index (χ4n) is 1.76. The van der Waals surface area contributed by atoms with E-state index in [9.17, 15) is 0 Å². The lowest BCUT2D eigenvalue weighted by molar-refractivity contribution is 0.206. The molecule has 0 aliphatic rings. The molecule has 0 amide bonds. The largest absolute Gasteiger partial charge is 0.490 e. The molecule has 1 aromatic carbocycles. The summed E-state index contributed by atoms with van der Waals surface area (Å²) in [7, 11) is 0. The Balaban J connectivity index is 2.09. The van der Waals surface area contributed by atoms with Gasteiger partial charge in [0.05, 0.1) is 6.10 Å². The van der Waals surface area contributed by atoms with E-state index in [4.69, 9.17) is 4.74 Å². The highest BCUT2D eigenvalue weighted by Gasteiger charge is 2.03. The molecule has 0 saturated carbocycles. The highest BCUT2D eigenvalue weighted by Crippen LogP contribution is 2.14. The first kappa shape index (κ1) is 13.1. The normalized spacial score (nSPS) is 12.4. The zero-order valence-corrected chi connectivity index (χ0v) is 10.5. The molecule has 0 aliphatic heterocycles. The third-order valence-electron chi connectivity index (χ3n) is 2.72. The lowest BCUT2D eigenvalue weighted by Crippen LogP contribution is -2.11. The summed E-state index contributed by atoms with van der Waals surface area (Å²) in [5.41, 5.74) is 0. The van der Waals surface area contributed by atoms with Gasteiger partial charge in [0.2, 0.25) is 0 Å². The van der Waals surface area contributed by atoms with E-state index < -0.39 is 0 Å². The second kappa shape index (κ2) is 8.20. The molecule has 1 aromatic rings. The standard InChI is InChI=1S/C15H23O/c1-3-4-5-6-8-11-14(2)16-15-12-9-7-10-13-15/h7,9-10,12,14H,3-6,8,11H2,1-2H3. The summed E-state index contributed by atoms with van der Waals surface area (Å²) in [6.07, 6.45) is 8.09. The van der Waals surface area contributed by atoms with Crippen LogP contribution in [0, 0.1) is 6.07 Å². The fraction of sp³-hybridized carbons (Fsp3) is 0.600. The first-order valence-electron chi connectivity index (χ1n) is 6.46. The zero-order valence-electron chi connectivity index (χ0n) is 10.5. The highest BCUT2D eigenvalue weighted by molar-refractivity contribution is 5.19. The quantitative estimate of drug-likeness (QED) is 0.580. The number of para-hydroxylation sites is 1. The van der Waals surface area contributed by atoms with E-state index in [0.717, 1.165) is 12.2 Å². The number of hydrogen-bond donors (Lipinski definition) is 0. The van der Waals surface area contributed by atoms with Crippen molar-refractivity contribution in [2.75, 3.05) is 0 Å². The van der Waals surface area contributed by atoms with E-state index in [0.29, 0.717) is 6.10 Å². The van der Waals surface area contributed by atoms with Gasteiger partial charge in [-0.1, -0.05) is 50.8 Å². The Kier molecular flexibility index (Phi) is 6.71. The lowest BCUT2D eigenvalue weighted by Gasteiger charge is -2.14. The van der Waals surface area contributed by atoms with Crippen molar-refractivity contribution < 1.29 is 4.74 Å². The maximum atomic E-state index is 5.77. The van der Waals surface area contributed by atoms with E-state index in [-0.39, 0.29) is 0 Å². The first-order chi connectivity index (χ1) is 7.83. The highest BCUT2D eigenvalue weighted by atomic mass is 16.5. The van der Waals surface area contributed by atoms with E-state index in [1.807, 2.05) is 24.3 Å². The van der Waals surface area contributed by atoms with Crippen molar-refractivity contribution in [3.63, 3.8) is 0 Å². The average Bonchev–Trinajstić information content (AvgIpc) is 2.30. The number of unbranched alkanes of at least 4 members (excludes halogenated alkanes) is 4. The second-order valence-electron chi connectivity index (χ2n) is 4.36. The molecular weight excluding hydrogens is 196 g/mol. The number of rotatable bonds is 8. The summed E-state index contributed by atoms with van der Waals surface area (Å²) in [5.74, 6) is 0.864. The van der Waals surface area contributed by atoms with Crippen LogP contribution >= 0.6 is 0 Å². The van der Waals surface area contributed by atoms with Crippen LogP contribution in [0.2, 0.25) is 0 Å². The van der Waals surface area contributed by atoms with Gasteiger partial charge in [-0.3, -0.25) is 0 Å². The van der Waals surface area contributed by atoms with Crippen LogP contribution in [0.25, 0.3) is 0 Å². The van der Waals surface area contributed by atoms with Crippen LogP contribution in [0.3, 0.4) is 0 Å². The Morgan fingerprint density at radius 3 is 2.69 bits per heavy atom. The van der Waals surface area contributed by atoms with Crippen molar-refractivity contribution in [1.29, 1.82) is 0 Å². The van der Waals surface area contributed by atoms with Gasteiger partial charge in [0.1, 0.15) is 5.75 Å². The van der Waals surface area contributed by atoms with Crippen molar-refractivity contribution in [3.05, 3.63) is 30.3 Å². The van der Waals surface area contributed by atoms with Crippen LogP contribution in [0.15, 0.2) is 24.3 Å². The predicted octanol–water partition coefficient (Wildman–Crippen LogP) is 4.61. The minimum atomic E-state index is 0.306. The van der Waals surface area contributed by atoms with E-state index in [2.05, 4.69) is 19.9 Å². The van der Waals surface area contributed by atoms with E-state index >= 15 is 0 Å². The zero-order chi connectivity index (χ0) is 11.6. The summed E-state index contributed by atoms with van der Waals surface area (Å²) < 4.78 is 5.77. The molecule has 1 radical (unpaired) electrons. The van der Waals surface area contributed by atoms with Crippen LogP contribution in [-0.4, -0.2) is 6.10 Å². The Hall–Kier alpha value is -0.980. The molecule has 1 heteroatoms. The minimum Gasteiger partial charge on any atom is -0.490 e. The molecule has 16 heavy (non-hydrogen) atoms. The van der Waals surface area contributed by atoms with Crippen LogP contribution in [-0.2, 0) is 0 Å². The number of benzene rings is 1. The fourth-order valence-corrected chi connectivity index (χ4v) is 1.76. The third-order valence-corrected chi connectivity index (χ3v) is 2.72. The van der Waals surface area contributed by atoms with Gasteiger partial charge in [-0.05, 0) is 25.8 Å². The van der Waals surface area contributed by atoms with Crippen molar-refractivity contribution >= 4 is 0 Å². The average molecular weight is 219 g/mol. The molecule has 0 saturated heterocycles. The van der Waals surface area contributed by atoms with Gasteiger partial charge in [-0.2, -0.15) is 0 Å². The van der Waals surface area contributed by atoms with Crippen LogP contribution < -0.4 is 4.74 Å². The molecule has 1 nitrogen and oxygen atoms in total. The predicted molar refractivity (Wildman–Crippen MR) is 68.7 cm³/mol. The van der Waals surface area contributed by atoms with Crippen molar-refractivity contribution in [2.45, 2.75) is 58.5 Å². The van der Waals surface area contributed by atoms with Gasteiger partial charge in [0.15, 0.2) is 0 Å². The molecule has 0 spiro atoms. The maximum Gasteiger partial charge on any atom is 0.127 e. The van der Waals surface area contributed by atoms with Crippen LogP contribution in [0.1, 0.15) is 52.4 Å². The van der Waals surface area contributed by atoms with E-state index in [1.54, 1.807) is 0 Å². The lowest BCUT2D eigenvalue weighted by atomic mass is 10.1. The number of hydrogen-bond acceptors (Lipinski definition) is 1. The molecule has 0 fully saturated rings. The molecule has 89 valence electrons. The van der Waals surface area contributed by atoms with E-state index in [1.165, 1.54) is 32.1 Å². The summed E-state index contributed by atoms with van der Waals surface area (Å²) in [5, 5.41) is 0. The van der Waals surface area contributed by atoms with Crippen LogP contribution in [0.4, 0.5) is 0 Å². The smallest absolute Gasteiger partial charge is 0.127 e. The van der Waals surface area contributed by atoms with Gasteiger partial charge >= 0.3 is 0 Å². The van der Waals surface area contributed by atoms with Crippen molar-refractivity contribution in [1.82, 2.24) is 0 Å². The Bertz CT molecular complexity index is 255. The molecule has 1 rings (SSSR count). The summed E-state index contributed by atoms with van der Waals surface area (Å²) in [4.78, 5) is 0. The van der Waals surface area contributed by atoms with Gasteiger partial charge in [0.25, 0.3) is 0 Å². The monoisotopic (exact) mass is 219 g/mol. The first-order valence-corrected chi connectivity index (χ1v) is 6.46. The minimum absolute atomic E-state index is 0.306. The van der Waals surface area contributed by atoms with Crippen molar-refractivity contribution in [3.8, 4) is 5.75 Å². The summed E-state index contributed by atoms with van der Waals surface area (Å²) in [6, 6.07) is 10.9. The Morgan fingerprint density at radius 1 is 1.19 bits per heavy atom. The van der Waals surface area contributed by atoms with Crippen molar-refractivity contribution in [2.24, 2.45) is 0 Å². The number of ether oxygens (including phenoxy) is 1. The Morgan fingerprint density at radius 2 is 2.00 bits per heavy atom. The molecule has 0 bridgehead atoms. The molecular formula is C15H23O. The van der Waals surface area contributed by atoms with Crippen LogP contribution in [0.5, 0.6) is 5.75 Å². The molecule has 0 aromatic heterocycles. The summed E-state index contributed by atoms with van der Waals surface area (Å²) >= 11 is 0. The second-order valence-corrected chi connectivity index (χ2v) is 4.36.